The van der Waals surface area contributed by atoms with Crippen molar-refractivity contribution < 1.29 is 8.42 Å². The van der Waals surface area contributed by atoms with Crippen LogP contribution in [0, 0.1) is 6.92 Å². The van der Waals surface area contributed by atoms with Gasteiger partial charge in [0.05, 0.1) is 4.90 Å². The Bertz CT molecular complexity index is 691. The van der Waals surface area contributed by atoms with E-state index in [1.54, 1.807) is 24.3 Å². The summed E-state index contributed by atoms with van der Waals surface area (Å²) in [5.41, 5.74) is 9.58. The summed E-state index contributed by atoms with van der Waals surface area (Å²) >= 11 is 0. The fraction of sp³-hybridized carbons (Fsp3) is 0.250. The highest BCUT2D eigenvalue weighted by Gasteiger charge is 2.11. The van der Waals surface area contributed by atoms with E-state index in [1.807, 2.05) is 12.1 Å². The first kappa shape index (κ1) is 14.8. The van der Waals surface area contributed by atoms with E-state index in [4.69, 9.17) is 5.73 Å². The van der Waals surface area contributed by atoms with Gasteiger partial charge in [-0.05, 0) is 42.2 Å². The Kier molecular flexibility index (Phi) is 4.26. The highest BCUT2D eigenvalue weighted by Crippen LogP contribution is 2.20. The minimum Gasteiger partial charge on any atom is -0.324 e. The summed E-state index contributed by atoms with van der Waals surface area (Å²) < 4.78 is 22.8. The summed E-state index contributed by atoms with van der Waals surface area (Å²) in [6, 6.07) is 14.8. The van der Waals surface area contributed by atoms with Crippen molar-refractivity contribution in [1.29, 1.82) is 0 Å². The Balaban J connectivity index is 2.18. The molecule has 2 aromatic rings. The third-order valence-corrected chi connectivity index (χ3v) is 4.57. The van der Waals surface area contributed by atoms with Crippen molar-refractivity contribution in [2.24, 2.45) is 5.73 Å². The van der Waals surface area contributed by atoms with Crippen molar-refractivity contribution in [3.05, 3.63) is 65.2 Å². The first-order valence-electron chi connectivity index (χ1n) is 6.48. The van der Waals surface area contributed by atoms with Crippen LogP contribution in [0.1, 0.15) is 22.7 Å². The molecule has 0 heterocycles. The van der Waals surface area contributed by atoms with Crippen LogP contribution in [-0.2, 0) is 16.3 Å². The van der Waals surface area contributed by atoms with Gasteiger partial charge in [-0.1, -0.05) is 36.4 Å². The number of rotatable bonds is 4. The van der Waals surface area contributed by atoms with Crippen molar-refractivity contribution in [1.82, 2.24) is 0 Å². The topological polar surface area (TPSA) is 60.2 Å². The van der Waals surface area contributed by atoms with Gasteiger partial charge >= 0.3 is 0 Å². The molecule has 3 nitrogen and oxygen atoms in total. The summed E-state index contributed by atoms with van der Waals surface area (Å²) in [4.78, 5) is 0.323. The zero-order valence-electron chi connectivity index (χ0n) is 11.7. The smallest absolute Gasteiger partial charge is 0.175 e. The van der Waals surface area contributed by atoms with E-state index in [1.165, 1.54) is 17.4 Å². The minimum atomic E-state index is -3.15. The number of benzene rings is 2. The van der Waals surface area contributed by atoms with Crippen molar-refractivity contribution in [2.75, 3.05) is 6.26 Å². The van der Waals surface area contributed by atoms with Gasteiger partial charge in [0.1, 0.15) is 0 Å². The summed E-state index contributed by atoms with van der Waals surface area (Å²) in [5.74, 6) is 0. The Morgan fingerprint density at radius 3 is 2.20 bits per heavy atom. The molecule has 20 heavy (non-hydrogen) atoms. The second-order valence-corrected chi connectivity index (χ2v) is 7.09. The van der Waals surface area contributed by atoms with Crippen molar-refractivity contribution in [2.45, 2.75) is 24.3 Å². The van der Waals surface area contributed by atoms with Crippen LogP contribution in [0.25, 0.3) is 0 Å². The van der Waals surface area contributed by atoms with Crippen LogP contribution >= 0.6 is 0 Å². The van der Waals surface area contributed by atoms with E-state index in [2.05, 4.69) is 19.1 Å². The van der Waals surface area contributed by atoms with Crippen LogP contribution in [0.4, 0.5) is 0 Å². The predicted molar refractivity (Wildman–Crippen MR) is 81.4 cm³/mol. The summed E-state index contributed by atoms with van der Waals surface area (Å²) in [5, 5.41) is 0. The van der Waals surface area contributed by atoms with Crippen molar-refractivity contribution >= 4 is 9.84 Å². The maximum Gasteiger partial charge on any atom is 0.175 e. The quantitative estimate of drug-likeness (QED) is 0.941. The molecule has 0 saturated carbocycles. The van der Waals surface area contributed by atoms with E-state index in [9.17, 15) is 8.42 Å². The van der Waals surface area contributed by atoms with Gasteiger partial charge in [0.25, 0.3) is 0 Å². The Morgan fingerprint density at radius 2 is 1.65 bits per heavy atom. The molecular weight excluding hydrogens is 270 g/mol. The van der Waals surface area contributed by atoms with Gasteiger partial charge in [-0.15, -0.1) is 0 Å². The predicted octanol–water partition coefficient (Wildman–Crippen LogP) is 2.64. The molecule has 2 aromatic carbocycles. The lowest BCUT2D eigenvalue weighted by atomic mass is 9.97. The highest BCUT2D eigenvalue weighted by molar-refractivity contribution is 7.90. The molecule has 0 aliphatic rings. The molecule has 0 spiro atoms. The van der Waals surface area contributed by atoms with Gasteiger partial charge in [0.15, 0.2) is 9.84 Å². The van der Waals surface area contributed by atoms with Gasteiger partial charge < -0.3 is 5.73 Å². The van der Waals surface area contributed by atoms with E-state index in [-0.39, 0.29) is 6.04 Å². The van der Waals surface area contributed by atoms with E-state index < -0.39 is 9.84 Å². The molecule has 0 fully saturated rings. The lowest BCUT2D eigenvalue weighted by Crippen LogP contribution is -2.14. The second kappa shape index (κ2) is 5.77. The zero-order chi connectivity index (χ0) is 14.8. The van der Waals surface area contributed by atoms with Crippen LogP contribution < -0.4 is 5.73 Å². The molecule has 0 radical (unpaired) electrons. The molecule has 0 bridgehead atoms. The molecule has 0 amide bonds. The number of hydrogen-bond acceptors (Lipinski definition) is 3. The molecule has 1 unspecified atom stereocenters. The molecule has 0 aromatic heterocycles. The largest absolute Gasteiger partial charge is 0.324 e. The fourth-order valence-corrected chi connectivity index (χ4v) is 2.79. The first-order chi connectivity index (χ1) is 9.38. The van der Waals surface area contributed by atoms with Gasteiger partial charge in [0, 0.05) is 12.3 Å². The first-order valence-corrected chi connectivity index (χ1v) is 8.37. The van der Waals surface area contributed by atoms with Crippen molar-refractivity contribution in [3.63, 3.8) is 0 Å². The maximum atomic E-state index is 11.4. The molecular formula is C16H19NO2S. The molecule has 0 aliphatic carbocycles. The van der Waals surface area contributed by atoms with Crippen LogP contribution in [0.3, 0.4) is 0 Å². The molecule has 106 valence electrons. The average Bonchev–Trinajstić information content (AvgIpc) is 2.40. The van der Waals surface area contributed by atoms with E-state index in [0.29, 0.717) is 4.90 Å². The lowest BCUT2D eigenvalue weighted by Gasteiger charge is -2.14. The molecule has 1 atom stereocenters. The van der Waals surface area contributed by atoms with Gasteiger partial charge in [-0.25, -0.2) is 8.42 Å². The van der Waals surface area contributed by atoms with Gasteiger partial charge in [-0.2, -0.15) is 0 Å². The fourth-order valence-electron chi connectivity index (χ4n) is 2.16. The maximum absolute atomic E-state index is 11.4. The zero-order valence-corrected chi connectivity index (χ0v) is 12.5. The monoisotopic (exact) mass is 289 g/mol. The summed E-state index contributed by atoms with van der Waals surface area (Å²) in [6.07, 6.45) is 1.94. The molecule has 0 aliphatic heterocycles. The van der Waals surface area contributed by atoms with Crippen LogP contribution in [0.5, 0.6) is 0 Å². The molecule has 4 heteroatoms. The average molecular weight is 289 g/mol. The Hall–Kier alpha value is -1.65. The van der Waals surface area contributed by atoms with Crippen LogP contribution in [0.15, 0.2) is 53.4 Å². The molecule has 0 saturated heterocycles. The van der Waals surface area contributed by atoms with Gasteiger partial charge in [0.2, 0.25) is 0 Å². The Morgan fingerprint density at radius 1 is 1.05 bits per heavy atom. The number of nitrogens with two attached hydrogens (primary N) is 1. The summed E-state index contributed by atoms with van der Waals surface area (Å²) in [6.45, 7) is 2.06. The number of sulfone groups is 1. The Labute approximate surface area is 120 Å². The van der Waals surface area contributed by atoms with E-state index >= 15 is 0 Å². The standard InChI is InChI=1S/C16H19NO2S/c1-12-5-3-4-6-14(12)11-16(17)13-7-9-15(10-8-13)20(2,18)19/h3-10,16H,11,17H2,1-2H3. The minimum absolute atomic E-state index is 0.135. The molecule has 2 N–H and O–H groups in total. The third kappa shape index (κ3) is 3.46. The molecule has 2 rings (SSSR count). The second-order valence-electron chi connectivity index (χ2n) is 5.08. The van der Waals surface area contributed by atoms with Crippen LogP contribution in [-0.4, -0.2) is 14.7 Å². The normalized spacial score (nSPS) is 13.2. The number of hydrogen-bond donors (Lipinski definition) is 1. The third-order valence-electron chi connectivity index (χ3n) is 3.44. The van der Waals surface area contributed by atoms with Crippen molar-refractivity contribution in [3.8, 4) is 0 Å². The lowest BCUT2D eigenvalue weighted by molar-refractivity contribution is 0.601. The summed E-state index contributed by atoms with van der Waals surface area (Å²) in [7, 11) is -3.15. The van der Waals surface area contributed by atoms with E-state index in [0.717, 1.165) is 12.0 Å². The van der Waals surface area contributed by atoms with Crippen LogP contribution in [0.2, 0.25) is 0 Å². The number of aryl methyl sites for hydroxylation is 1. The SMILES string of the molecule is Cc1ccccc1CC(N)c1ccc(S(C)(=O)=O)cc1. The van der Waals surface area contributed by atoms with Gasteiger partial charge in [-0.3, -0.25) is 0 Å². The highest BCUT2D eigenvalue weighted by atomic mass is 32.2.